The smallest absolute Gasteiger partial charge is 0.0991 e. The van der Waals surface area contributed by atoms with Crippen molar-refractivity contribution in [3.63, 3.8) is 0 Å². The van der Waals surface area contributed by atoms with E-state index in [-0.39, 0.29) is 0 Å². The van der Waals surface area contributed by atoms with Gasteiger partial charge in [-0.1, -0.05) is 18.2 Å². The summed E-state index contributed by atoms with van der Waals surface area (Å²) in [7, 11) is 0. The SMILES string of the molecule is N#C/C=C/CC[C@H]1CC[C@H](c2ccc(C#N)cc2)CC1. The van der Waals surface area contributed by atoms with Crippen LogP contribution in [0.3, 0.4) is 0 Å². The van der Waals surface area contributed by atoms with E-state index < -0.39 is 0 Å². The van der Waals surface area contributed by atoms with Gasteiger partial charge >= 0.3 is 0 Å². The molecule has 1 fully saturated rings. The monoisotopic (exact) mass is 264 g/mol. The molecule has 0 unspecified atom stereocenters. The Bertz CT molecular complexity index is 520. The molecule has 0 N–H and O–H groups in total. The molecule has 2 rings (SSSR count). The highest BCUT2D eigenvalue weighted by Gasteiger charge is 2.21. The second-order valence-corrected chi connectivity index (χ2v) is 5.56. The third kappa shape index (κ3) is 3.97. The van der Waals surface area contributed by atoms with Crippen molar-refractivity contribution in [1.82, 2.24) is 0 Å². The largest absolute Gasteiger partial charge is 0.193 e. The molecule has 1 aromatic rings. The van der Waals surface area contributed by atoms with Gasteiger partial charge in [0, 0.05) is 6.08 Å². The van der Waals surface area contributed by atoms with E-state index in [4.69, 9.17) is 10.5 Å². The molecule has 1 aliphatic carbocycles. The topological polar surface area (TPSA) is 47.6 Å². The highest BCUT2D eigenvalue weighted by molar-refractivity contribution is 5.33. The van der Waals surface area contributed by atoms with E-state index in [2.05, 4.69) is 18.2 Å². The molecule has 1 saturated carbocycles. The van der Waals surface area contributed by atoms with Gasteiger partial charge in [0.05, 0.1) is 17.7 Å². The van der Waals surface area contributed by atoms with Crippen LogP contribution in [0, 0.1) is 28.6 Å². The number of nitrogens with zero attached hydrogens (tertiary/aromatic N) is 2. The molecule has 0 aliphatic heterocycles. The van der Waals surface area contributed by atoms with Crippen LogP contribution in [0.2, 0.25) is 0 Å². The van der Waals surface area contributed by atoms with Crippen molar-refractivity contribution in [2.75, 3.05) is 0 Å². The summed E-state index contributed by atoms with van der Waals surface area (Å²) >= 11 is 0. The molecule has 0 spiro atoms. The Morgan fingerprint density at radius 1 is 1.05 bits per heavy atom. The molecule has 0 radical (unpaired) electrons. The fraction of sp³-hybridized carbons (Fsp3) is 0.444. The van der Waals surface area contributed by atoms with Gasteiger partial charge in [-0.2, -0.15) is 10.5 Å². The number of allylic oxidation sites excluding steroid dienone is 2. The van der Waals surface area contributed by atoms with Crippen LogP contribution in [0.5, 0.6) is 0 Å². The van der Waals surface area contributed by atoms with Gasteiger partial charge in [-0.3, -0.25) is 0 Å². The molecule has 2 nitrogen and oxygen atoms in total. The molecule has 2 heteroatoms. The summed E-state index contributed by atoms with van der Waals surface area (Å²) in [6, 6.07) is 12.3. The second kappa shape index (κ2) is 7.51. The zero-order valence-corrected chi connectivity index (χ0v) is 11.8. The number of hydrogen-bond acceptors (Lipinski definition) is 2. The van der Waals surface area contributed by atoms with Crippen LogP contribution in [0.25, 0.3) is 0 Å². The van der Waals surface area contributed by atoms with Crippen LogP contribution < -0.4 is 0 Å². The van der Waals surface area contributed by atoms with E-state index in [9.17, 15) is 0 Å². The second-order valence-electron chi connectivity index (χ2n) is 5.56. The maximum Gasteiger partial charge on any atom is 0.0991 e. The highest BCUT2D eigenvalue weighted by atomic mass is 14.3. The predicted octanol–water partition coefficient (Wildman–Crippen LogP) is 4.69. The van der Waals surface area contributed by atoms with Crippen LogP contribution in [0.1, 0.15) is 55.6 Å². The van der Waals surface area contributed by atoms with Crippen LogP contribution >= 0.6 is 0 Å². The predicted molar refractivity (Wildman–Crippen MR) is 79.8 cm³/mol. The lowest BCUT2D eigenvalue weighted by Gasteiger charge is -2.28. The maximum atomic E-state index is 8.82. The third-order valence-electron chi connectivity index (χ3n) is 4.29. The number of hydrogen-bond donors (Lipinski definition) is 0. The van der Waals surface area contributed by atoms with Crippen molar-refractivity contribution < 1.29 is 0 Å². The van der Waals surface area contributed by atoms with Gasteiger partial charge in [0.1, 0.15) is 0 Å². The van der Waals surface area contributed by atoms with E-state index >= 15 is 0 Å². The van der Waals surface area contributed by atoms with Crippen molar-refractivity contribution in [3.8, 4) is 12.1 Å². The van der Waals surface area contributed by atoms with Gasteiger partial charge < -0.3 is 0 Å². The summed E-state index contributed by atoms with van der Waals surface area (Å²) in [4.78, 5) is 0. The molecule has 1 aliphatic rings. The average molecular weight is 264 g/mol. The number of benzene rings is 1. The van der Waals surface area contributed by atoms with Gasteiger partial charge in [0.2, 0.25) is 0 Å². The van der Waals surface area contributed by atoms with E-state index in [0.29, 0.717) is 5.92 Å². The fourth-order valence-corrected chi connectivity index (χ4v) is 3.08. The lowest BCUT2D eigenvalue weighted by molar-refractivity contribution is 0.312. The molecular weight excluding hydrogens is 244 g/mol. The van der Waals surface area contributed by atoms with Gasteiger partial charge in [-0.15, -0.1) is 0 Å². The standard InChI is InChI=1S/C18H20N2/c19-13-3-1-2-4-15-5-9-17(10-6-15)18-11-7-16(14-20)8-12-18/h1,3,7-8,11-12,15,17H,2,4-6,9-10H2/b3-1+/t15-,17-. The first-order valence-corrected chi connectivity index (χ1v) is 7.38. The molecule has 0 saturated heterocycles. The summed E-state index contributed by atoms with van der Waals surface area (Å²) in [5.41, 5.74) is 2.12. The molecule has 0 bridgehead atoms. The Kier molecular flexibility index (Phi) is 5.39. The minimum atomic E-state index is 0.661. The number of nitriles is 2. The van der Waals surface area contributed by atoms with Crippen molar-refractivity contribution in [3.05, 3.63) is 47.5 Å². The van der Waals surface area contributed by atoms with Gasteiger partial charge in [-0.05, 0) is 68.1 Å². The summed E-state index contributed by atoms with van der Waals surface area (Å²) in [5.74, 6) is 1.47. The first-order valence-electron chi connectivity index (χ1n) is 7.38. The highest BCUT2D eigenvalue weighted by Crippen LogP contribution is 2.37. The van der Waals surface area contributed by atoms with E-state index in [1.807, 2.05) is 24.3 Å². The lowest BCUT2D eigenvalue weighted by Crippen LogP contribution is -2.13. The van der Waals surface area contributed by atoms with E-state index in [1.54, 1.807) is 6.08 Å². The lowest BCUT2D eigenvalue weighted by atomic mass is 9.77. The molecule has 0 amide bonds. The van der Waals surface area contributed by atoms with Crippen LogP contribution in [0.4, 0.5) is 0 Å². The Morgan fingerprint density at radius 3 is 2.35 bits per heavy atom. The van der Waals surface area contributed by atoms with E-state index in [1.165, 1.54) is 37.7 Å². The molecule has 1 aromatic carbocycles. The number of rotatable bonds is 4. The Morgan fingerprint density at radius 2 is 1.75 bits per heavy atom. The molecule has 0 heterocycles. The van der Waals surface area contributed by atoms with Crippen molar-refractivity contribution in [1.29, 1.82) is 10.5 Å². The molecule has 102 valence electrons. The normalized spacial score (nSPS) is 22.3. The third-order valence-corrected chi connectivity index (χ3v) is 4.29. The summed E-state index contributed by atoms with van der Waals surface area (Å²) < 4.78 is 0. The average Bonchev–Trinajstić information content (AvgIpc) is 2.52. The molecule has 20 heavy (non-hydrogen) atoms. The first kappa shape index (κ1) is 14.4. The zero-order chi connectivity index (χ0) is 14.2. The van der Waals surface area contributed by atoms with Crippen LogP contribution in [-0.4, -0.2) is 0 Å². The van der Waals surface area contributed by atoms with Crippen LogP contribution in [0.15, 0.2) is 36.4 Å². The van der Waals surface area contributed by atoms with Gasteiger partial charge in [0.25, 0.3) is 0 Å². The van der Waals surface area contributed by atoms with Crippen molar-refractivity contribution >= 4 is 0 Å². The summed E-state index contributed by atoms with van der Waals surface area (Å²) in [6.45, 7) is 0. The summed E-state index contributed by atoms with van der Waals surface area (Å²) in [6.07, 6.45) is 10.9. The Hall–Kier alpha value is -2.06. The van der Waals surface area contributed by atoms with Gasteiger partial charge in [0.15, 0.2) is 0 Å². The fourth-order valence-electron chi connectivity index (χ4n) is 3.08. The Balaban J connectivity index is 1.80. The molecule has 0 atom stereocenters. The van der Waals surface area contributed by atoms with Gasteiger partial charge in [-0.25, -0.2) is 0 Å². The van der Waals surface area contributed by atoms with Crippen molar-refractivity contribution in [2.24, 2.45) is 5.92 Å². The Labute approximate surface area is 121 Å². The van der Waals surface area contributed by atoms with Crippen LogP contribution in [-0.2, 0) is 0 Å². The quantitative estimate of drug-likeness (QED) is 0.740. The first-order chi connectivity index (χ1) is 9.83. The minimum Gasteiger partial charge on any atom is -0.193 e. The van der Waals surface area contributed by atoms with E-state index in [0.717, 1.165) is 17.9 Å². The molecule has 0 aromatic heterocycles. The zero-order valence-electron chi connectivity index (χ0n) is 11.8. The molecular formula is C18H20N2. The summed E-state index contributed by atoms with van der Waals surface area (Å²) in [5, 5.41) is 17.3. The minimum absolute atomic E-state index is 0.661. The van der Waals surface area contributed by atoms with Crippen molar-refractivity contribution in [2.45, 2.75) is 44.4 Å². The maximum absolute atomic E-state index is 8.82.